The molecule has 0 saturated carbocycles. The molecule has 0 spiro atoms. The lowest BCUT2D eigenvalue weighted by Gasteiger charge is -2.15. The number of nitrogens with two attached hydrogens (primary N) is 1. The van der Waals surface area contributed by atoms with Gasteiger partial charge in [0.2, 0.25) is 0 Å². The van der Waals surface area contributed by atoms with E-state index in [1.54, 1.807) is 6.08 Å². The van der Waals surface area contributed by atoms with Crippen LogP contribution in [0.2, 0.25) is 0 Å². The Kier molecular flexibility index (Phi) is 4.23. The Balaban J connectivity index is 3.17. The largest absolute Gasteiger partial charge is 0.507 e. The van der Waals surface area contributed by atoms with E-state index in [1.165, 1.54) is 0 Å². The van der Waals surface area contributed by atoms with Crippen molar-refractivity contribution in [1.29, 1.82) is 0 Å². The summed E-state index contributed by atoms with van der Waals surface area (Å²) in [4.78, 5) is 10.8. The number of allylic oxidation sites excluding steroid dienone is 1. The summed E-state index contributed by atoms with van der Waals surface area (Å²) in [6, 6.07) is 1.25. The second-order valence-corrected chi connectivity index (χ2v) is 3.63. The third kappa shape index (κ3) is 2.82. The molecule has 0 aromatic heterocycles. The minimum absolute atomic E-state index is 0.160. The van der Waals surface area contributed by atoms with E-state index in [4.69, 9.17) is 10.8 Å². The molecule has 0 saturated heterocycles. The van der Waals surface area contributed by atoms with Crippen LogP contribution >= 0.6 is 0 Å². The molecular weight excluding hydrogens is 225 g/mol. The number of phenols is 1. The van der Waals surface area contributed by atoms with Gasteiger partial charge in [0.15, 0.2) is 0 Å². The van der Waals surface area contributed by atoms with E-state index in [1.807, 2.05) is 0 Å². The van der Waals surface area contributed by atoms with Gasteiger partial charge in [0.25, 0.3) is 0 Å². The van der Waals surface area contributed by atoms with Gasteiger partial charge in [-0.15, -0.1) is 6.58 Å². The third-order valence-corrected chi connectivity index (χ3v) is 2.45. The molecule has 0 aliphatic carbocycles. The second-order valence-electron chi connectivity index (χ2n) is 3.63. The summed E-state index contributed by atoms with van der Waals surface area (Å²) in [5, 5.41) is 18.5. The number of benzene rings is 1. The lowest BCUT2D eigenvalue weighted by atomic mass is 9.98. The molecule has 0 radical (unpaired) electrons. The number of halogens is 1. The molecule has 0 aliphatic rings. The standard InChI is InChI=1S/C12H14FNO3/c1-2-3-4-9(14)10-8(13)6-5-7(11(10)15)12(16)17/h2,5-6,9,15H,1,3-4,14H2,(H,16,17)/t9-/m0/s1. The lowest BCUT2D eigenvalue weighted by molar-refractivity contribution is 0.0693. The molecule has 1 rings (SSSR count). The van der Waals surface area contributed by atoms with Crippen LogP contribution in [-0.2, 0) is 0 Å². The summed E-state index contributed by atoms with van der Waals surface area (Å²) < 4.78 is 13.5. The lowest BCUT2D eigenvalue weighted by Crippen LogP contribution is -2.13. The van der Waals surface area contributed by atoms with Gasteiger partial charge in [0.1, 0.15) is 17.1 Å². The Bertz CT molecular complexity index is 446. The molecule has 0 fully saturated rings. The molecule has 0 amide bonds. The molecule has 17 heavy (non-hydrogen) atoms. The van der Waals surface area contributed by atoms with Crippen LogP contribution in [0.3, 0.4) is 0 Å². The number of hydrogen-bond donors (Lipinski definition) is 3. The van der Waals surface area contributed by atoms with E-state index in [0.29, 0.717) is 12.8 Å². The molecule has 5 heteroatoms. The monoisotopic (exact) mass is 239 g/mol. The Labute approximate surface area is 98.2 Å². The molecule has 0 bridgehead atoms. The Hall–Kier alpha value is -1.88. The van der Waals surface area contributed by atoms with Gasteiger partial charge in [-0.1, -0.05) is 6.08 Å². The highest BCUT2D eigenvalue weighted by atomic mass is 19.1. The summed E-state index contributed by atoms with van der Waals surface area (Å²) >= 11 is 0. The number of aromatic carboxylic acids is 1. The fraction of sp³-hybridized carbons (Fsp3) is 0.250. The van der Waals surface area contributed by atoms with E-state index >= 15 is 0 Å². The van der Waals surface area contributed by atoms with Gasteiger partial charge in [-0.3, -0.25) is 0 Å². The number of aromatic hydroxyl groups is 1. The number of carbonyl (C=O) groups is 1. The molecule has 1 atom stereocenters. The van der Waals surface area contributed by atoms with Gasteiger partial charge in [-0.05, 0) is 25.0 Å². The minimum atomic E-state index is -1.32. The van der Waals surface area contributed by atoms with Crippen molar-refractivity contribution in [2.24, 2.45) is 5.73 Å². The van der Waals surface area contributed by atoms with Crippen LogP contribution in [0.1, 0.15) is 34.8 Å². The molecule has 1 aromatic carbocycles. The Morgan fingerprint density at radius 3 is 2.76 bits per heavy atom. The SMILES string of the molecule is C=CCC[C@H](N)c1c(F)ccc(C(=O)O)c1O. The van der Waals surface area contributed by atoms with Crippen LogP contribution in [0.5, 0.6) is 5.75 Å². The van der Waals surface area contributed by atoms with Crippen molar-refractivity contribution < 1.29 is 19.4 Å². The summed E-state index contributed by atoms with van der Waals surface area (Å²) in [6.45, 7) is 3.51. The average molecular weight is 239 g/mol. The van der Waals surface area contributed by atoms with Gasteiger partial charge in [-0.25, -0.2) is 9.18 Å². The van der Waals surface area contributed by atoms with Crippen LogP contribution in [0.4, 0.5) is 4.39 Å². The predicted octanol–water partition coefficient (Wildman–Crippen LogP) is 2.20. The topological polar surface area (TPSA) is 83.6 Å². The van der Waals surface area contributed by atoms with Gasteiger partial charge in [0, 0.05) is 11.6 Å². The maximum Gasteiger partial charge on any atom is 0.339 e. The summed E-state index contributed by atoms with van der Waals surface area (Å²) in [5.74, 6) is -2.63. The smallest absolute Gasteiger partial charge is 0.339 e. The van der Waals surface area contributed by atoms with Crippen molar-refractivity contribution in [2.75, 3.05) is 0 Å². The van der Waals surface area contributed by atoms with Crippen molar-refractivity contribution in [3.05, 3.63) is 41.7 Å². The highest BCUT2D eigenvalue weighted by Crippen LogP contribution is 2.31. The van der Waals surface area contributed by atoms with E-state index in [9.17, 15) is 14.3 Å². The fourth-order valence-corrected chi connectivity index (χ4v) is 1.55. The zero-order valence-corrected chi connectivity index (χ0v) is 9.19. The number of hydrogen-bond acceptors (Lipinski definition) is 3. The first-order valence-corrected chi connectivity index (χ1v) is 5.10. The maximum atomic E-state index is 13.5. The minimum Gasteiger partial charge on any atom is -0.507 e. The van der Waals surface area contributed by atoms with Crippen LogP contribution in [0, 0.1) is 5.82 Å². The maximum absolute atomic E-state index is 13.5. The number of carboxylic acids is 1. The fourth-order valence-electron chi connectivity index (χ4n) is 1.55. The quantitative estimate of drug-likeness (QED) is 0.688. The molecule has 1 aromatic rings. The normalized spacial score (nSPS) is 12.1. The summed E-state index contributed by atoms with van der Waals surface area (Å²) in [7, 11) is 0. The van der Waals surface area contributed by atoms with Crippen molar-refractivity contribution in [1.82, 2.24) is 0 Å². The predicted molar refractivity (Wildman–Crippen MR) is 61.4 cm³/mol. The first-order chi connectivity index (χ1) is 7.99. The average Bonchev–Trinajstić information content (AvgIpc) is 2.25. The van der Waals surface area contributed by atoms with Gasteiger partial charge >= 0.3 is 5.97 Å². The Morgan fingerprint density at radius 2 is 2.24 bits per heavy atom. The van der Waals surface area contributed by atoms with E-state index in [2.05, 4.69) is 6.58 Å². The first kappa shape index (κ1) is 13.2. The van der Waals surface area contributed by atoms with Crippen molar-refractivity contribution in [3.8, 4) is 5.75 Å². The van der Waals surface area contributed by atoms with E-state index in [-0.39, 0.29) is 11.1 Å². The first-order valence-electron chi connectivity index (χ1n) is 5.10. The molecule has 0 unspecified atom stereocenters. The zero-order valence-electron chi connectivity index (χ0n) is 9.19. The van der Waals surface area contributed by atoms with Crippen LogP contribution < -0.4 is 5.73 Å². The summed E-state index contributed by atoms with van der Waals surface area (Å²) in [6.07, 6.45) is 2.56. The molecule has 0 heterocycles. The van der Waals surface area contributed by atoms with Crippen LogP contribution in [-0.4, -0.2) is 16.2 Å². The van der Waals surface area contributed by atoms with Crippen LogP contribution in [0.15, 0.2) is 24.8 Å². The molecule has 92 valence electrons. The number of carboxylic acid groups (broad SMARTS) is 1. The van der Waals surface area contributed by atoms with Crippen molar-refractivity contribution in [3.63, 3.8) is 0 Å². The van der Waals surface area contributed by atoms with Gasteiger partial charge < -0.3 is 15.9 Å². The zero-order chi connectivity index (χ0) is 13.0. The van der Waals surface area contributed by atoms with Crippen LogP contribution in [0.25, 0.3) is 0 Å². The van der Waals surface area contributed by atoms with E-state index in [0.717, 1.165) is 12.1 Å². The van der Waals surface area contributed by atoms with Gasteiger partial charge in [0.05, 0.1) is 0 Å². The highest BCUT2D eigenvalue weighted by molar-refractivity contribution is 5.91. The highest BCUT2D eigenvalue weighted by Gasteiger charge is 2.21. The second kappa shape index (κ2) is 5.45. The molecular formula is C12H14FNO3. The van der Waals surface area contributed by atoms with E-state index < -0.39 is 23.6 Å². The van der Waals surface area contributed by atoms with Crippen molar-refractivity contribution in [2.45, 2.75) is 18.9 Å². The molecule has 4 N–H and O–H groups in total. The number of rotatable bonds is 5. The summed E-state index contributed by atoms with van der Waals surface area (Å²) in [5.41, 5.74) is 5.20. The van der Waals surface area contributed by atoms with Crippen molar-refractivity contribution >= 4 is 5.97 Å². The van der Waals surface area contributed by atoms with Gasteiger partial charge in [-0.2, -0.15) is 0 Å². The Morgan fingerprint density at radius 1 is 1.59 bits per heavy atom. The third-order valence-electron chi connectivity index (χ3n) is 2.45. The molecule has 4 nitrogen and oxygen atoms in total. The molecule has 0 aliphatic heterocycles.